The average Bonchev–Trinajstić information content (AvgIpc) is 2.71. The molecule has 28 heavy (non-hydrogen) atoms. The third kappa shape index (κ3) is 5.37. The molecule has 0 amide bonds. The summed E-state index contributed by atoms with van der Waals surface area (Å²) in [6.45, 7) is -0.534. The van der Waals surface area contributed by atoms with Gasteiger partial charge >= 0.3 is 11.9 Å². The van der Waals surface area contributed by atoms with E-state index in [4.69, 9.17) is 4.74 Å². The normalized spacial score (nSPS) is 14.2. The fourth-order valence-corrected chi connectivity index (χ4v) is 2.71. The number of rotatable bonds is 9. The van der Waals surface area contributed by atoms with E-state index >= 15 is 0 Å². The number of carboxylic acid groups (broad SMARTS) is 1. The zero-order valence-corrected chi connectivity index (χ0v) is 15.1. The van der Waals surface area contributed by atoms with Gasteiger partial charge in [0.15, 0.2) is 0 Å². The van der Waals surface area contributed by atoms with Gasteiger partial charge in [0.25, 0.3) is 0 Å². The second-order valence-corrected chi connectivity index (χ2v) is 5.83. The summed E-state index contributed by atoms with van der Waals surface area (Å²) in [4.78, 5) is 28.0. The summed E-state index contributed by atoms with van der Waals surface area (Å²) in [5.41, 5.74) is 0.151. The predicted octanol–water partition coefficient (Wildman–Crippen LogP) is 2.66. The topological polar surface area (TPSA) is 105 Å². The highest BCUT2D eigenvalue weighted by atomic mass is 19.1. The maximum absolute atomic E-state index is 14.8. The zero-order chi connectivity index (χ0) is 20.5. The number of carbonyl (C=O) groups excluding carboxylic acids is 1. The molecule has 7 nitrogen and oxygen atoms in total. The molecular formula is C20H20FNO6. The Morgan fingerprint density at radius 3 is 2.43 bits per heavy atom. The Kier molecular flexibility index (Phi) is 7.65. The van der Waals surface area contributed by atoms with E-state index in [9.17, 15) is 24.2 Å². The van der Waals surface area contributed by atoms with Crippen LogP contribution in [0.3, 0.4) is 0 Å². The van der Waals surface area contributed by atoms with E-state index < -0.39 is 36.7 Å². The molecule has 2 N–H and O–H groups in total. The number of oxime groups is 1. The van der Waals surface area contributed by atoms with Crippen LogP contribution in [-0.2, 0) is 9.57 Å². The van der Waals surface area contributed by atoms with Gasteiger partial charge in [-0.3, -0.25) is 0 Å². The van der Waals surface area contributed by atoms with E-state index in [1.807, 2.05) is 0 Å². The Bertz CT molecular complexity index is 826. The van der Waals surface area contributed by atoms with Crippen LogP contribution in [0.1, 0.15) is 32.2 Å². The number of hydrogen-bond acceptors (Lipinski definition) is 6. The quantitative estimate of drug-likeness (QED) is 0.388. The van der Waals surface area contributed by atoms with Crippen molar-refractivity contribution in [2.24, 2.45) is 5.16 Å². The molecule has 3 atom stereocenters. The fraction of sp³-hybridized carbons (Fsp3) is 0.250. The fourth-order valence-electron chi connectivity index (χ4n) is 2.71. The molecule has 2 aromatic carbocycles. The van der Waals surface area contributed by atoms with Crippen LogP contribution < -0.4 is 0 Å². The molecule has 0 unspecified atom stereocenters. The summed E-state index contributed by atoms with van der Waals surface area (Å²) in [6.07, 6.45) is -2.59. The number of halogens is 1. The molecular weight excluding hydrogens is 369 g/mol. The number of ether oxygens (including phenoxy) is 1. The third-order valence-corrected chi connectivity index (χ3v) is 4.01. The molecule has 148 valence electrons. The SMILES string of the molecule is CON=C[C@H](F)[C@H](c1ccccc1C(=O)O)[C@@H](O)COC(=O)c1ccccc1. The maximum atomic E-state index is 14.8. The highest BCUT2D eigenvalue weighted by Gasteiger charge is 2.33. The molecule has 0 aliphatic heterocycles. The maximum Gasteiger partial charge on any atom is 0.338 e. The monoisotopic (exact) mass is 389 g/mol. The van der Waals surface area contributed by atoms with Gasteiger partial charge in [0.2, 0.25) is 0 Å². The van der Waals surface area contributed by atoms with Gasteiger partial charge in [-0.15, -0.1) is 0 Å². The van der Waals surface area contributed by atoms with Crippen molar-refractivity contribution < 1.29 is 33.8 Å². The van der Waals surface area contributed by atoms with Crippen LogP contribution in [0.25, 0.3) is 0 Å². The van der Waals surface area contributed by atoms with Gasteiger partial charge in [-0.1, -0.05) is 41.6 Å². The number of carboxylic acids is 1. The van der Waals surface area contributed by atoms with Crippen LogP contribution in [-0.4, -0.2) is 54.4 Å². The lowest BCUT2D eigenvalue weighted by Gasteiger charge is -2.25. The van der Waals surface area contributed by atoms with Gasteiger partial charge in [0.05, 0.1) is 29.4 Å². The molecule has 0 fully saturated rings. The Hall–Kier alpha value is -3.26. The van der Waals surface area contributed by atoms with Crippen molar-refractivity contribution >= 4 is 18.2 Å². The molecule has 0 radical (unpaired) electrons. The van der Waals surface area contributed by atoms with Gasteiger partial charge in [0, 0.05) is 0 Å². The summed E-state index contributed by atoms with van der Waals surface area (Å²) in [7, 11) is 1.22. The molecule has 0 aliphatic carbocycles. The Morgan fingerprint density at radius 2 is 1.79 bits per heavy atom. The summed E-state index contributed by atoms with van der Waals surface area (Å²) in [5, 5.41) is 23.2. The summed E-state index contributed by atoms with van der Waals surface area (Å²) >= 11 is 0. The molecule has 2 aromatic rings. The Labute approximate surface area is 161 Å². The largest absolute Gasteiger partial charge is 0.478 e. The second kappa shape index (κ2) is 10.2. The molecule has 0 aliphatic rings. The number of carbonyl (C=O) groups is 2. The first-order valence-electron chi connectivity index (χ1n) is 8.39. The molecule has 0 saturated carbocycles. The van der Waals surface area contributed by atoms with Gasteiger partial charge in [-0.25, -0.2) is 14.0 Å². The minimum Gasteiger partial charge on any atom is -0.478 e. The number of benzene rings is 2. The van der Waals surface area contributed by atoms with Crippen LogP contribution in [0.15, 0.2) is 59.8 Å². The van der Waals surface area contributed by atoms with E-state index in [0.29, 0.717) is 0 Å². The Morgan fingerprint density at radius 1 is 1.14 bits per heavy atom. The standard InChI is InChI=1S/C20H20FNO6/c1-27-22-11-16(21)18(14-9-5-6-10-15(14)19(24)25)17(23)12-28-20(26)13-7-3-2-4-8-13/h2-11,16-18,23H,12H2,1H3,(H,24,25)/t16-,17-,18-/m0/s1. The van der Waals surface area contributed by atoms with Crippen LogP contribution in [0.2, 0.25) is 0 Å². The van der Waals surface area contributed by atoms with Crippen molar-refractivity contribution in [3.63, 3.8) is 0 Å². The van der Waals surface area contributed by atoms with Crippen LogP contribution in [0, 0.1) is 0 Å². The third-order valence-electron chi connectivity index (χ3n) is 4.01. The number of hydrogen-bond donors (Lipinski definition) is 2. The smallest absolute Gasteiger partial charge is 0.338 e. The van der Waals surface area contributed by atoms with Crippen LogP contribution in [0.4, 0.5) is 4.39 Å². The van der Waals surface area contributed by atoms with Gasteiger partial charge < -0.3 is 19.8 Å². The summed E-state index contributed by atoms with van der Waals surface area (Å²) < 4.78 is 19.8. The van der Waals surface area contributed by atoms with Crippen molar-refractivity contribution in [2.45, 2.75) is 18.2 Å². The first-order valence-corrected chi connectivity index (χ1v) is 8.39. The van der Waals surface area contributed by atoms with Crippen molar-refractivity contribution in [1.82, 2.24) is 0 Å². The van der Waals surface area contributed by atoms with E-state index in [0.717, 1.165) is 6.21 Å². The molecule has 8 heteroatoms. The second-order valence-electron chi connectivity index (χ2n) is 5.83. The predicted molar refractivity (Wildman–Crippen MR) is 99.3 cm³/mol. The molecule has 0 spiro atoms. The first-order chi connectivity index (χ1) is 13.5. The van der Waals surface area contributed by atoms with E-state index in [-0.39, 0.29) is 16.7 Å². The molecule has 0 bridgehead atoms. The lowest BCUT2D eigenvalue weighted by Crippen LogP contribution is -2.33. The minimum atomic E-state index is -1.88. The minimum absolute atomic E-state index is 0.0494. The van der Waals surface area contributed by atoms with Gasteiger partial charge in [0.1, 0.15) is 19.9 Å². The first kappa shape index (κ1) is 21.0. The van der Waals surface area contributed by atoms with Crippen LogP contribution in [0.5, 0.6) is 0 Å². The van der Waals surface area contributed by atoms with Gasteiger partial charge in [-0.05, 0) is 23.8 Å². The number of esters is 1. The van der Waals surface area contributed by atoms with E-state index in [2.05, 4.69) is 9.99 Å². The number of aromatic carboxylic acids is 1. The summed E-state index contributed by atoms with van der Waals surface area (Å²) in [6, 6.07) is 13.8. The van der Waals surface area contributed by atoms with Gasteiger partial charge in [-0.2, -0.15) is 0 Å². The molecule has 0 saturated heterocycles. The van der Waals surface area contributed by atoms with Crippen molar-refractivity contribution in [2.75, 3.05) is 13.7 Å². The zero-order valence-electron chi connectivity index (χ0n) is 15.1. The number of aliphatic hydroxyl groups excluding tert-OH is 1. The van der Waals surface area contributed by atoms with Crippen molar-refractivity contribution in [1.29, 1.82) is 0 Å². The average molecular weight is 389 g/mol. The highest BCUT2D eigenvalue weighted by molar-refractivity contribution is 5.90. The van der Waals surface area contributed by atoms with Crippen LogP contribution >= 0.6 is 0 Å². The lowest BCUT2D eigenvalue weighted by molar-refractivity contribution is 0.0131. The molecule has 2 rings (SSSR count). The number of aliphatic hydroxyl groups is 1. The van der Waals surface area contributed by atoms with Crippen molar-refractivity contribution in [3.05, 3.63) is 71.3 Å². The van der Waals surface area contributed by atoms with E-state index in [1.165, 1.54) is 43.5 Å². The highest BCUT2D eigenvalue weighted by Crippen LogP contribution is 2.29. The molecule has 0 heterocycles. The molecule has 0 aromatic heterocycles. The number of nitrogens with zero attached hydrogens (tertiary/aromatic N) is 1. The lowest BCUT2D eigenvalue weighted by atomic mass is 9.86. The Balaban J connectivity index is 2.25. The number of alkyl halides is 1. The van der Waals surface area contributed by atoms with Crippen molar-refractivity contribution in [3.8, 4) is 0 Å². The summed E-state index contributed by atoms with van der Waals surface area (Å²) in [5.74, 6) is -3.30. The van der Waals surface area contributed by atoms with E-state index in [1.54, 1.807) is 18.2 Å².